The van der Waals surface area contributed by atoms with E-state index in [0.717, 1.165) is 31.5 Å². The van der Waals surface area contributed by atoms with Crippen molar-refractivity contribution in [1.82, 2.24) is 0 Å². The molecule has 0 aromatic heterocycles. The molecule has 1 aromatic rings. The molecule has 1 saturated heterocycles. The van der Waals surface area contributed by atoms with Crippen LogP contribution in [0.25, 0.3) is 0 Å². The van der Waals surface area contributed by atoms with Crippen LogP contribution in [-0.2, 0) is 4.79 Å². The molecule has 0 spiro atoms. The number of nitrogens with zero attached hydrogens (tertiary/aromatic N) is 1. The largest absolute Gasteiger partial charge is 0.312 e. The van der Waals surface area contributed by atoms with Crippen molar-refractivity contribution in [1.29, 1.82) is 0 Å². The molecule has 4 heteroatoms. The van der Waals surface area contributed by atoms with Gasteiger partial charge in [0.2, 0.25) is 5.91 Å². The fraction of sp³-hybridized carbons (Fsp3) is 0.417. The summed E-state index contributed by atoms with van der Waals surface area (Å²) in [5.74, 6) is -0.123. The summed E-state index contributed by atoms with van der Waals surface area (Å²) in [5, 5.41) is 0. The zero-order valence-corrected chi connectivity index (χ0v) is 11.0. The molecule has 0 bridgehead atoms. The Labute approximate surface area is 108 Å². The Balaban J connectivity index is 2.24. The minimum absolute atomic E-state index is 0.0464. The normalized spacial score (nSPS) is 22.0. The third-order valence-corrected chi connectivity index (χ3v) is 3.92. The van der Waals surface area contributed by atoms with Crippen LogP contribution in [0.1, 0.15) is 19.3 Å². The molecule has 2 rings (SSSR count). The maximum atomic E-state index is 12.8. The molecule has 0 N–H and O–H groups in total. The van der Waals surface area contributed by atoms with Gasteiger partial charge >= 0.3 is 0 Å². The van der Waals surface area contributed by atoms with Crippen molar-refractivity contribution in [3.8, 4) is 0 Å². The molecule has 1 fully saturated rings. The van der Waals surface area contributed by atoms with Gasteiger partial charge in [0.15, 0.2) is 0 Å². The average Bonchev–Trinajstić information content (AvgIpc) is 2.44. The van der Waals surface area contributed by atoms with Gasteiger partial charge in [-0.1, -0.05) is 29.0 Å². The van der Waals surface area contributed by atoms with E-state index in [1.165, 1.54) is 12.1 Å². The van der Waals surface area contributed by atoms with E-state index >= 15 is 0 Å². The second-order valence-electron chi connectivity index (χ2n) is 3.93. The number of carbonyl (C=O) groups excluding carboxylic acids is 1. The quantitative estimate of drug-likeness (QED) is 0.571. The molecule has 0 aliphatic carbocycles. The predicted molar refractivity (Wildman–Crippen MR) is 70.4 cm³/mol. The van der Waals surface area contributed by atoms with Crippen molar-refractivity contribution in [2.24, 2.45) is 0 Å². The maximum Gasteiger partial charge on any atom is 0.239 e. The zero-order chi connectivity index (χ0) is 11.5. The van der Waals surface area contributed by atoms with E-state index in [9.17, 15) is 9.18 Å². The fourth-order valence-electron chi connectivity index (χ4n) is 1.87. The first-order valence-electron chi connectivity index (χ1n) is 5.39. The molecule has 1 atom stereocenters. The lowest BCUT2D eigenvalue weighted by Gasteiger charge is -2.22. The number of hydrogen-bond acceptors (Lipinski definition) is 1. The van der Waals surface area contributed by atoms with Gasteiger partial charge in [-0.15, -0.1) is 0 Å². The molecular formula is C12H13FINO. The molecular weight excluding hydrogens is 320 g/mol. The highest BCUT2D eigenvalue weighted by Gasteiger charge is 2.25. The molecule has 0 saturated carbocycles. The number of anilines is 1. The van der Waals surface area contributed by atoms with Crippen molar-refractivity contribution in [3.05, 3.63) is 30.1 Å². The highest BCUT2D eigenvalue weighted by atomic mass is 127. The summed E-state index contributed by atoms with van der Waals surface area (Å²) in [6.45, 7) is 0.740. The van der Waals surface area contributed by atoms with E-state index in [2.05, 4.69) is 22.6 Å². The summed E-state index contributed by atoms with van der Waals surface area (Å²) in [4.78, 5) is 13.8. The number of rotatable bonds is 1. The summed E-state index contributed by atoms with van der Waals surface area (Å²) >= 11 is 2.19. The van der Waals surface area contributed by atoms with E-state index in [4.69, 9.17) is 0 Å². The monoisotopic (exact) mass is 333 g/mol. The van der Waals surface area contributed by atoms with E-state index in [0.29, 0.717) is 0 Å². The Hall–Kier alpha value is -0.650. The standard InChI is InChI=1S/C12H13FINO/c13-9-4-6-10(7-5-9)15-8-2-1-3-11(14)12(15)16/h4-7,11H,1-3,8H2. The van der Waals surface area contributed by atoms with Gasteiger partial charge in [0.25, 0.3) is 0 Å². The Bertz CT molecular complexity index is 379. The van der Waals surface area contributed by atoms with Crippen LogP contribution >= 0.6 is 22.6 Å². The number of benzene rings is 1. The van der Waals surface area contributed by atoms with E-state index in [1.807, 2.05) is 0 Å². The summed E-state index contributed by atoms with van der Waals surface area (Å²) < 4.78 is 12.8. The Morgan fingerprint density at radius 3 is 2.62 bits per heavy atom. The Morgan fingerprint density at radius 2 is 1.94 bits per heavy atom. The van der Waals surface area contributed by atoms with Crippen LogP contribution in [0.4, 0.5) is 10.1 Å². The van der Waals surface area contributed by atoms with E-state index in [-0.39, 0.29) is 15.6 Å². The van der Waals surface area contributed by atoms with Gasteiger partial charge in [0.1, 0.15) is 5.82 Å². The number of carbonyl (C=O) groups is 1. The molecule has 2 nitrogen and oxygen atoms in total. The molecule has 0 radical (unpaired) electrons. The highest BCUT2D eigenvalue weighted by molar-refractivity contribution is 14.1. The lowest BCUT2D eigenvalue weighted by Crippen LogP contribution is -2.35. The van der Waals surface area contributed by atoms with Gasteiger partial charge in [-0.25, -0.2) is 4.39 Å². The van der Waals surface area contributed by atoms with Gasteiger partial charge in [-0.2, -0.15) is 0 Å². The van der Waals surface area contributed by atoms with Gasteiger partial charge in [-0.05, 0) is 37.1 Å². The second kappa shape index (κ2) is 5.12. The van der Waals surface area contributed by atoms with Crippen LogP contribution < -0.4 is 4.90 Å². The second-order valence-corrected chi connectivity index (χ2v) is 5.43. The van der Waals surface area contributed by atoms with Gasteiger partial charge in [0, 0.05) is 12.2 Å². The molecule has 1 aliphatic rings. The smallest absolute Gasteiger partial charge is 0.239 e. The molecule has 1 aromatic carbocycles. The summed E-state index contributed by atoms with van der Waals surface area (Å²) in [6.07, 6.45) is 3.04. The zero-order valence-electron chi connectivity index (χ0n) is 8.83. The van der Waals surface area contributed by atoms with Gasteiger partial charge in [-0.3, -0.25) is 4.79 Å². The van der Waals surface area contributed by atoms with E-state index in [1.54, 1.807) is 17.0 Å². The minimum atomic E-state index is -0.267. The first-order valence-corrected chi connectivity index (χ1v) is 6.64. The molecule has 16 heavy (non-hydrogen) atoms. The highest BCUT2D eigenvalue weighted by Crippen LogP contribution is 2.24. The number of halogens is 2. The van der Waals surface area contributed by atoms with Crippen molar-refractivity contribution in [3.63, 3.8) is 0 Å². The molecule has 1 heterocycles. The lowest BCUT2D eigenvalue weighted by molar-refractivity contribution is -0.117. The lowest BCUT2D eigenvalue weighted by atomic mass is 10.2. The topological polar surface area (TPSA) is 20.3 Å². The Kier molecular flexibility index (Phi) is 3.78. The van der Waals surface area contributed by atoms with Crippen molar-refractivity contribution in [2.75, 3.05) is 11.4 Å². The summed E-state index contributed by atoms with van der Waals surface area (Å²) in [6, 6.07) is 6.13. The minimum Gasteiger partial charge on any atom is -0.312 e. The van der Waals surface area contributed by atoms with Crippen LogP contribution in [0.5, 0.6) is 0 Å². The number of hydrogen-bond donors (Lipinski definition) is 0. The van der Waals surface area contributed by atoms with E-state index < -0.39 is 0 Å². The molecule has 86 valence electrons. The third-order valence-electron chi connectivity index (χ3n) is 2.76. The number of amides is 1. The van der Waals surface area contributed by atoms with Crippen LogP contribution in [0, 0.1) is 5.82 Å². The first-order chi connectivity index (χ1) is 7.68. The Morgan fingerprint density at radius 1 is 1.25 bits per heavy atom. The van der Waals surface area contributed by atoms with Gasteiger partial charge in [0.05, 0.1) is 3.92 Å². The number of alkyl halides is 1. The summed E-state index contributed by atoms with van der Waals surface area (Å²) in [5.41, 5.74) is 0.801. The van der Waals surface area contributed by atoms with Crippen molar-refractivity contribution >= 4 is 34.2 Å². The van der Waals surface area contributed by atoms with Crippen LogP contribution in [0.3, 0.4) is 0 Å². The summed E-state index contributed by atoms with van der Waals surface area (Å²) in [7, 11) is 0. The molecule has 1 unspecified atom stereocenters. The fourth-order valence-corrected chi connectivity index (χ4v) is 2.65. The van der Waals surface area contributed by atoms with Crippen LogP contribution in [-0.4, -0.2) is 16.4 Å². The van der Waals surface area contributed by atoms with Crippen LogP contribution in [0.2, 0.25) is 0 Å². The average molecular weight is 333 g/mol. The SMILES string of the molecule is O=C1C(I)CCCCN1c1ccc(F)cc1. The van der Waals surface area contributed by atoms with Crippen molar-refractivity contribution < 1.29 is 9.18 Å². The van der Waals surface area contributed by atoms with Crippen LogP contribution in [0.15, 0.2) is 24.3 Å². The van der Waals surface area contributed by atoms with Gasteiger partial charge < -0.3 is 4.90 Å². The maximum absolute atomic E-state index is 12.8. The van der Waals surface area contributed by atoms with Crippen molar-refractivity contribution in [2.45, 2.75) is 23.2 Å². The molecule has 1 aliphatic heterocycles. The first kappa shape index (κ1) is 11.8. The predicted octanol–water partition coefficient (Wildman–Crippen LogP) is 3.15. The third kappa shape index (κ3) is 2.53. The molecule has 1 amide bonds.